The standard InChI is InChI=1S/C19H18BrNO5/c1-22-15-9-13(17(23-2)19(25-4)18(15)24-3)14-10-21-26-16(14)11-5-7-12(20)8-6-11/h5-10H,1-4H3. The monoisotopic (exact) mass is 419 g/mol. The highest BCUT2D eigenvalue weighted by molar-refractivity contribution is 9.10. The van der Waals surface area contributed by atoms with E-state index in [1.54, 1.807) is 34.6 Å². The third-order valence-electron chi connectivity index (χ3n) is 3.96. The zero-order valence-electron chi connectivity index (χ0n) is 14.8. The molecule has 3 aromatic rings. The molecule has 0 radical (unpaired) electrons. The SMILES string of the molecule is COc1cc(-c2cnoc2-c2ccc(Br)cc2)c(OC)c(OC)c1OC. The van der Waals surface area contributed by atoms with Crippen LogP contribution in [0.2, 0.25) is 0 Å². The van der Waals surface area contributed by atoms with E-state index in [4.69, 9.17) is 23.5 Å². The van der Waals surface area contributed by atoms with E-state index in [0.29, 0.717) is 28.8 Å². The number of hydrogen-bond acceptors (Lipinski definition) is 6. The Morgan fingerprint density at radius 2 is 1.46 bits per heavy atom. The van der Waals surface area contributed by atoms with Crippen LogP contribution in [0.4, 0.5) is 0 Å². The second-order valence-corrected chi connectivity index (χ2v) is 6.22. The Morgan fingerprint density at radius 3 is 2.04 bits per heavy atom. The average Bonchev–Trinajstić information content (AvgIpc) is 3.16. The van der Waals surface area contributed by atoms with E-state index in [1.165, 1.54) is 0 Å². The van der Waals surface area contributed by atoms with Gasteiger partial charge in [0.2, 0.25) is 11.5 Å². The number of nitrogens with zero attached hydrogens (tertiary/aromatic N) is 1. The predicted octanol–water partition coefficient (Wildman–Crippen LogP) is 4.81. The molecule has 1 aromatic heterocycles. The first kappa shape index (κ1) is 18.1. The fourth-order valence-corrected chi connectivity index (χ4v) is 3.04. The molecule has 0 saturated heterocycles. The molecule has 6 nitrogen and oxygen atoms in total. The highest BCUT2D eigenvalue weighted by Crippen LogP contribution is 2.51. The summed E-state index contributed by atoms with van der Waals surface area (Å²) in [6, 6.07) is 9.58. The molecule has 0 saturated carbocycles. The van der Waals surface area contributed by atoms with Crippen molar-refractivity contribution in [3.8, 4) is 45.4 Å². The fourth-order valence-electron chi connectivity index (χ4n) is 2.77. The van der Waals surface area contributed by atoms with E-state index in [9.17, 15) is 0 Å². The molecule has 0 N–H and O–H groups in total. The summed E-state index contributed by atoms with van der Waals surface area (Å²) in [5.41, 5.74) is 2.36. The van der Waals surface area contributed by atoms with Crippen LogP contribution in [0, 0.1) is 0 Å². The van der Waals surface area contributed by atoms with Gasteiger partial charge in [-0.3, -0.25) is 0 Å². The largest absolute Gasteiger partial charge is 0.493 e. The molecule has 136 valence electrons. The van der Waals surface area contributed by atoms with Gasteiger partial charge in [0, 0.05) is 15.6 Å². The lowest BCUT2D eigenvalue weighted by Gasteiger charge is -2.18. The van der Waals surface area contributed by atoms with Gasteiger partial charge in [-0.25, -0.2) is 0 Å². The molecule has 0 aliphatic carbocycles. The third kappa shape index (κ3) is 3.10. The van der Waals surface area contributed by atoms with Gasteiger partial charge in [-0.05, 0) is 30.3 Å². The molecule has 0 bridgehead atoms. The Hall–Kier alpha value is -2.67. The maximum Gasteiger partial charge on any atom is 0.207 e. The van der Waals surface area contributed by atoms with Crippen LogP contribution >= 0.6 is 15.9 Å². The third-order valence-corrected chi connectivity index (χ3v) is 4.48. The first-order valence-corrected chi connectivity index (χ1v) is 8.51. The summed E-state index contributed by atoms with van der Waals surface area (Å²) in [5.74, 6) is 2.53. The second-order valence-electron chi connectivity index (χ2n) is 5.30. The minimum absolute atomic E-state index is 0.437. The zero-order valence-corrected chi connectivity index (χ0v) is 16.4. The van der Waals surface area contributed by atoms with Gasteiger partial charge in [-0.2, -0.15) is 0 Å². The fraction of sp³-hybridized carbons (Fsp3) is 0.211. The minimum atomic E-state index is 0.437. The van der Waals surface area contributed by atoms with Gasteiger partial charge >= 0.3 is 0 Å². The van der Waals surface area contributed by atoms with Crippen molar-refractivity contribution >= 4 is 15.9 Å². The van der Waals surface area contributed by atoms with E-state index < -0.39 is 0 Å². The van der Waals surface area contributed by atoms with Gasteiger partial charge in [0.15, 0.2) is 17.3 Å². The number of rotatable bonds is 6. The van der Waals surface area contributed by atoms with Crippen molar-refractivity contribution in [2.75, 3.05) is 28.4 Å². The van der Waals surface area contributed by atoms with E-state index >= 15 is 0 Å². The second kappa shape index (κ2) is 7.70. The maximum atomic E-state index is 5.61. The van der Waals surface area contributed by atoms with Crippen LogP contribution in [0.15, 0.2) is 45.5 Å². The summed E-state index contributed by atoms with van der Waals surface area (Å²) in [6.07, 6.45) is 1.64. The number of hydrogen-bond donors (Lipinski definition) is 0. The zero-order chi connectivity index (χ0) is 18.7. The van der Waals surface area contributed by atoms with Crippen LogP contribution in [0.3, 0.4) is 0 Å². The van der Waals surface area contributed by atoms with Crippen molar-refractivity contribution in [1.29, 1.82) is 0 Å². The van der Waals surface area contributed by atoms with Crippen LogP contribution < -0.4 is 18.9 Å². The van der Waals surface area contributed by atoms with E-state index in [-0.39, 0.29) is 0 Å². The predicted molar refractivity (Wildman–Crippen MR) is 101 cm³/mol. The summed E-state index contributed by atoms with van der Waals surface area (Å²) in [5, 5.41) is 3.97. The number of ether oxygens (including phenoxy) is 4. The average molecular weight is 420 g/mol. The lowest BCUT2D eigenvalue weighted by atomic mass is 10.0. The molecule has 1 heterocycles. The van der Waals surface area contributed by atoms with Crippen molar-refractivity contribution in [1.82, 2.24) is 5.16 Å². The van der Waals surface area contributed by atoms with Crippen LogP contribution in [-0.4, -0.2) is 33.6 Å². The number of benzene rings is 2. The molecular formula is C19H18BrNO5. The molecule has 3 rings (SSSR count). The van der Waals surface area contributed by atoms with E-state index in [1.807, 2.05) is 30.3 Å². The first-order chi connectivity index (χ1) is 12.6. The topological polar surface area (TPSA) is 63.0 Å². The van der Waals surface area contributed by atoms with Crippen LogP contribution in [0.1, 0.15) is 0 Å². The van der Waals surface area contributed by atoms with Crippen LogP contribution in [-0.2, 0) is 0 Å². The summed E-state index contributed by atoms with van der Waals surface area (Å²) in [4.78, 5) is 0. The molecule has 0 aliphatic rings. The summed E-state index contributed by atoms with van der Waals surface area (Å²) in [6.45, 7) is 0. The van der Waals surface area contributed by atoms with Crippen molar-refractivity contribution in [2.24, 2.45) is 0 Å². The molecule has 0 unspecified atom stereocenters. The van der Waals surface area contributed by atoms with Crippen molar-refractivity contribution in [3.63, 3.8) is 0 Å². The van der Waals surface area contributed by atoms with Gasteiger partial charge in [-0.15, -0.1) is 0 Å². The lowest BCUT2D eigenvalue weighted by molar-refractivity contribution is 0.306. The Morgan fingerprint density at radius 1 is 0.808 bits per heavy atom. The number of halogens is 1. The van der Waals surface area contributed by atoms with Crippen molar-refractivity contribution in [2.45, 2.75) is 0 Å². The smallest absolute Gasteiger partial charge is 0.207 e. The van der Waals surface area contributed by atoms with Gasteiger partial charge in [0.25, 0.3) is 0 Å². The minimum Gasteiger partial charge on any atom is -0.493 e. The molecule has 26 heavy (non-hydrogen) atoms. The summed E-state index contributed by atoms with van der Waals surface area (Å²) >= 11 is 3.44. The Bertz CT molecular complexity index is 905. The molecule has 0 atom stereocenters. The number of aromatic nitrogens is 1. The van der Waals surface area contributed by atoms with Crippen molar-refractivity contribution in [3.05, 3.63) is 41.0 Å². The van der Waals surface area contributed by atoms with E-state index in [2.05, 4.69) is 21.1 Å². The molecule has 2 aromatic carbocycles. The van der Waals surface area contributed by atoms with Gasteiger partial charge in [0.05, 0.1) is 40.2 Å². The molecule has 0 spiro atoms. The van der Waals surface area contributed by atoms with Crippen LogP contribution in [0.25, 0.3) is 22.5 Å². The first-order valence-electron chi connectivity index (χ1n) is 7.72. The Labute approximate surface area is 159 Å². The number of methoxy groups -OCH3 is 4. The van der Waals surface area contributed by atoms with Gasteiger partial charge < -0.3 is 23.5 Å². The van der Waals surface area contributed by atoms with Crippen LogP contribution in [0.5, 0.6) is 23.0 Å². The highest BCUT2D eigenvalue weighted by Gasteiger charge is 2.25. The molecular weight excluding hydrogens is 402 g/mol. The normalized spacial score (nSPS) is 10.5. The summed E-state index contributed by atoms with van der Waals surface area (Å²) < 4.78 is 28.5. The quantitative estimate of drug-likeness (QED) is 0.571. The maximum absolute atomic E-state index is 5.61. The molecule has 0 fully saturated rings. The molecule has 0 aliphatic heterocycles. The summed E-state index contributed by atoms with van der Waals surface area (Å²) in [7, 11) is 6.23. The van der Waals surface area contributed by atoms with Gasteiger partial charge in [0.1, 0.15) is 0 Å². The van der Waals surface area contributed by atoms with E-state index in [0.717, 1.165) is 21.2 Å². The molecule has 0 amide bonds. The Kier molecular flexibility index (Phi) is 5.37. The highest BCUT2D eigenvalue weighted by atomic mass is 79.9. The van der Waals surface area contributed by atoms with Gasteiger partial charge in [-0.1, -0.05) is 21.1 Å². The lowest BCUT2D eigenvalue weighted by Crippen LogP contribution is -2.00. The molecule has 7 heteroatoms. The van der Waals surface area contributed by atoms with Crippen molar-refractivity contribution < 1.29 is 23.5 Å². The Balaban J connectivity index is 2.25.